The van der Waals surface area contributed by atoms with Gasteiger partial charge in [-0.2, -0.15) is 0 Å². The molecule has 1 rings (SSSR count). The van der Waals surface area contributed by atoms with Crippen molar-refractivity contribution in [2.75, 3.05) is 0 Å². The first kappa shape index (κ1) is 13.6. The van der Waals surface area contributed by atoms with Crippen LogP contribution in [0.4, 0.5) is 0 Å². The number of halogens is 1. The Labute approximate surface area is 104 Å². The molecule has 1 heterocycles. The Bertz CT molecular complexity index is 281. The van der Waals surface area contributed by atoms with Crippen molar-refractivity contribution >= 4 is 11.6 Å². The maximum atomic E-state index is 5.81. The third-order valence-corrected chi connectivity index (χ3v) is 3.14. The van der Waals surface area contributed by atoms with Crippen molar-refractivity contribution in [3.05, 3.63) is 18.2 Å². The van der Waals surface area contributed by atoms with Crippen LogP contribution in [0.1, 0.15) is 51.6 Å². The maximum absolute atomic E-state index is 5.81. The highest BCUT2D eigenvalue weighted by molar-refractivity contribution is 6.16. The highest BCUT2D eigenvalue weighted by Gasteiger charge is 2.00. The molecular weight excluding hydrogens is 220 g/mol. The molecule has 0 N–H and O–H groups in total. The van der Waals surface area contributed by atoms with Gasteiger partial charge in [-0.05, 0) is 12.3 Å². The van der Waals surface area contributed by atoms with Crippen LogP contribution in [0.5, 0.6) is 0 Å². The standard InChI is InChI=1S/C13H23ClN2/c1-12(2)7-5-3-4-6-8-16-11-15-10-13(16)9-14/h10-12H,3-9H2,1-2H3. The Kier molecular flexibility index (Phi) is 6.55. The van der Waals surface area contributed by atoms with Crippen molar-refractivity contribution in [2.45, 2.75) is 58.4 Å². The minimum absolute atomic E-state index is 0.563. The minimum atomic E-state index is 0.563. The minimum Gasteiger partial charge on any atom is -0.333 e. The Morgan fingerprint density at radius 3 is 2.69 bits per heavy atom. The van der Waals surface area contributed by atoms with Crippen LogP contribution < -0.4 is 0 Å². The predicted molar refractivity (Wildman–Crippen MR) is 69.7 cm³/mol. The fourth-order valence-corrected chi connectivity index (χ4v) is 2.07. The smallest absolute Gasteiger partial charge is 0.0948 e. The van der Waals surface area contributed by atoms with Crippen molar-refractivity contribution in [2.24, 2.45) is 5.92 Å². The van der Waals surface area contributed by atoms with Gasteiger partial charge in [-0.25, -0.2) is 4.98 Å². The second-order valence-corrected chi connectivity index (χ2v) is 5.08. The van der Waals surface area contributed by atoms with Crippen molar-refractivity contribution in [1.29, 1.82) is 0 Å². The summed E-state index contributed by atoms with van der Waals surface area (Å²) in [6, 6.07) is 0. The van der Waals surface area contributed by atoms with Crippen molar-refractivity contribution in [3.63, 3.8) is 0 Å². The van der Waals surface area contributed by atoms with Crippen molar-refractivity contribution in [1.82, 2.24) is 9.55 Å². The number of hydrogen-bond acceptors (Lipinski definition) is 1. The van der Waals surface area contributed by atoms with E-state index in [9.17, 15) is 0 Å². The molecule has 1 aromatic rings. The lowest BCUT2D eigenvalue weighted by Crippen LogP contribution is -2.00. The second-order valence-electron chi connectivity index (χ2n) is 4.81. The molecule has 2 nitrogen and oxygen atoms in total. The highest BCUT2D eigenvalue weighted by atomic mass is 35.5. The molecule has 0 aliphatic carbocycles. The highest BCUT2D eigenvalue weighted by Crippen LogP contribution is 2.11. The predicted octanol–water partition coefficient (Wildman–Crippen LogP) is 4.23. The van der Waals surface area contributed by atoms with Gasteiger partial charge in [0.15, 0.2) is 0 Å². The summed E-state index contributed by atoms with van der Waals surface area (Å²) < 4.78 is 2.16. The summed E-state index contributed by atoms with van der Waals surface area (Å²) in [5, 5.41) is 0. The van der Waals surface area contributed by atoms with Crippen LogP contribution in [0.3, 0.4) is 0 Å². The number of aromatic nitrogens is 2. The van der Waals surface area contributed by atoms with Gasteiger partial charge >= 0.3 is 0 Å². The quantitative estimate of drug-likeness (QED) is 0.493. The third kappa shape index (κ3) is 5.02. The lowest BCUT2D eigenvalue weighted by molar-refractivity contribution is 0.504. The zero-order chi connectivity index (χ0) is 11.8. The van der Waals surface area contributed by atoms with Crippen molar-refractivity contribution in [3.8, 4) is 0 Å². The van der Waals surface area contributed by atoms with Crippen LogP contribution in [-0.4, -0.2) is 9.55 Å². The molecule has 1 aromatic heterocycles. The molecule has 3 heteroatoms. The van der Waals surface area contributed by atoms with E-state index in [1.54, 1.807) is 0 Å². The van der Waals surface area contributed by atoms with E-state index in [1.807, 2.05) is 12.5 Å². The summed E-state index contributed by atoms with van der Waals surface area (Å²) in [5.41, 5.74) is 1.13. The number of nitrogens with zero attached hydrogens (tertiary/aromatic N) is 2. The largest absolute Gasteiger partial charge is 0.333 e. The SMILES string of the molecule is CC(C)CCCCCCn1cncc1CCl. The summed E-state index contributed by atoms with van der Waals surface area (Å²) in [4.78, 5) is 4.11. The summed E-state index contributed by atoms with van der Waals surface area (Å²) >= 11 is 5.81. The van der Waals surface area contributed by atoms with Gasteiger partial charge in [-0.15, -0.1) is 11.6 Å². The number of hydrogen-bond donors (Lipinski definition) is 0. The molecular formula is C13H23ClN2. The van der Waals surface area contributed by atoms with Crippen LogP contribution in [0, 0.1) is 5.92 Å². The maximum Gasteiger partial charge on any atom is 0.0948 e. The molecule has 0 aliphatic rings. The first-order valence-electron chi connectivity index (χ1n) is 6.29. The van der Waals surface area contributed by atoms with Gasteiger partial charge in [0.2, 0.25) is 0 Å². The van der Waals surface area contributed by atoms with Crippen LogP contribution in [-0.2, 0) is 12.4 Å². The molecule has 92 valence electrons. The molecule has 0 unspecified atom stereocenters. The van der Waals surface area contributed by atoms with Gasteiger partial charge < -0.3 is 4.57 Å². The second kappa shape index (κ2) is 7.72. The Balaban J connectivity index is 2.07. The molecule has 0 saturated heterocycles. The summed E-state index contributed by atoms with van der Waals surface area (Å²) in [6.07, 6.45) is 10.4. The van der Waals surface area contributed by atoms with E-state index in [1.165, 1.54) is 32.1 Å². The van der Waals surface area contributed by atoms with E-state index in [4.69, 9.17) is 11.6 Å². The molecule has 0 fully saturated rings. The average Bonchev–Trinajstić information content (AvgIpc) is 2.70. The Morgan fingerprint density at radius 1 is 1.25 bits per heavy atom. The zero-order valence-corrected chi connectivity index (χ0v) is 11.2. The number of unbranched alkanes of at least 4 members (excludes halogenated alkanes) is 3. The molecule has 16 heavy (non-hydrogen) atoms. The normalized spacial score (nSPS) is 11.2. The molecule has 0 amide bonds. The fraction of sp³-hybridized carbons (Fsp3) is 0.769. The van der Waals surface area contributed by atoms with Crippen LogP contribution in [0.25, 0.3) is 0 Å². The molecule has 0 bridgehead atoms. The molecule has 0 aromatic carbocycles. The first-order chi connectivity index (χ1) is 7.74. The number of rotatable bonds is 8. The van der Waals surface area contributed by atoms with E-state index in [2.05, 4.69) is 23.4 Å². The van der Waals surface area contributed by atoms with Gasteiger partial charge in [0.05, 0.1) is 17.9 Å². The monoisotopic (exact) mass is 242 g/mol. The van der Waals surface area contributed by atoms with E-state index >= 15 is 0 Å². The summed E-state index contributed by atoms with van der Waals surface area (Å²) in [6.45, 7) is 5.64. The van der Waals surface area contributed by atoms with Gasteiger partial charge in [0, 0.05) is 12.7 Å². The van der Waals surface area contributed by atoms with Crippen LogP contribution in [0.2, 0.25) is 0 Å². The van der Waals surface area contributed by atoms with Gasteiger partial charge in [-0.1, -0.05) is 39.5 Å². The zero-order valence-electron chi connectivity index (χ0n) is 10.5. The fourth-order valence-electron chi connectivity index (χ4n) is 1.85. The summed E-state index contributed by atoms with van der Waals surface area (Å²) in [7, 11) is 0. The van der Waals surface area contributed by atoms with E-state index in [0.717, 1.165) is 18.2 Å². The Hall–Kier alpha value is -0.500. The lowest BCUT2D eigenvalue weighted by atomic mass is 10.0. The molecule has 0 spiro atoms. The third-order valence-electron chi connectivity index (χ3n) is 2.87. The first-order valence-corrected chi connectivity index (χ1v) is 6.82. The molecule has 0 radical (unpaired) electrons. The molecule has 0 saturated carbocycles. The van der Waals surface area contributed by atoms with Crippen LogP contribution >= 0.6 is 11.6 Å². The topological polar surface area (TPSA) is 17.8 Å². The van der Waals surface area contributed by atoms with E-state index in [0.29, 0.717) is 5.88 Å². The summed E-state index contributed by atoms with van der Waals surface area (Å²) in [5.74, 6) is 1.41. The molecule has 0 aliphatic heterocycles. The number of alkyl halides is 1. The lowest BCUT2D eigenvalue weighted by Gasteiger charge is -2.06. The van der Waals surface area contributed by atoms with Gasteiger partial charge in [-0.3, -0.25) is 0 Å². The van der Waals surface area contributed by atoms with E-state index in [-0.39, 0.29) is 0 Å². The van der Waals surface area contributed by atoms with Gasteiger partial charge in [0.25, 0.3) is 0 Å². The molecule has 0 atom stereocenters. The Morgan fingerprint density at radius 2 is 2.00 bits per heavy atom. The van der Waals surface area contributed by atoms with Crippen molar-refractivity contribution < 1.29 is 0 Å². The average molecular weight is 243 g/mol. The van der Waals surface area contributed by atoms with Gasteiger partial charge in [0.1, 0.15) is 0 Å². The van der Waals surface area contributed by atoms with E-state index < -0.39 is 0 Å². The number of aryl methyl sites for hydroxylation is 1. The van der Waals surface area contributed by atoms with Crippen LogP contribution in [0.15, 0.2) is 12.5 Å². The number of imidazole rings is 1.